The van der Waals surface area contributed by atoms with E-state index >= 15 is 0 Å². The highest BCUT2D eigenvalue weighted by Crippen LogP contribution is 2.13. The summed E-state index contributed by atoms with van der Waals surface area (Å²) in [4.78, 5) is 2.01. The van der Waals surface area contributed by atoms with Crippen LogP contribution < -0.4 is 5.73 Å². The molecule has 0 aliphatic rings. The lowest BCUT2D eigenvalue weighted by atomic mass is 10.2. The first-order valence-electron chi connectivity index (χ1n) is 5.15. The molecule has 0 saturated carbocycles. The van der Waals surface area contributed by atoms with Crippen molar-refractivity contribution in [2.45, 2.75) is 26.3 Å². The van der Waals surface area contributed by atoms with E-state index in [0.29, 0.717) is 6.54 Å². The quantitative estimate of drug-likeness (QED) is 0.531. The zero-order valence-electron chi connectivity index (χ0n) is 9.61. The number of rotatable bonds is 6. The van der Waals surface area contributed by atoms with Crippen molar-refractivity contribution in [3.05, 3.63) is 36.7 Å². The Kier molecular flexibility index (Phi) is 7.13. The minimum atomic E-state index is 0.0528. The zero-order chi connectivity index (χ0) is 11.7. The first-order chi connectivity index (χ1) is 7.24. The molecule has 1 unspecified atom stereocenters. The number of nitrogens with two attached hydrogens (primary N) is 1. The van der Waals surface area contributed by atoms with E-state index in [-0.39, 0.29) is 6.04 Å². The van der Waals surface area contributed by atoms with Crippen LogP contribution in [0.1, 0.15) is 20.3 Å². The number of hydrogen-bond acceptors (Lipinski definition) is 2. The van der Waals surface area contributed by atoms with E-state index in [0.717, 1.165) is 12.1 Å². The monoisotopic (exact) mass is 204 g/mol. The zero-order valence-corrected chi connectivity index (χ0v) is 9.61. The molecule has 0 aliphatic carbocycles. The lowest BCUT2D eigenvalue weighted by Gasteiger charge is -2.27. The largest absolute Gasteiger partial charge is 0.334 e. The van der Waals surface area contributed by atoms with Gasteiger partial charge in [0.05, 0.1) is 6.04 Å². The van der Waals surface area contributed by atoms with Gasteiger partial charge in [-0.1, -0.05) is 25.5 Å². The smallest absolute Gasteiger partial charge is 0.0941 e. The van der Waals surface area contributed by atoms with Gasteiger partial charge in [0, 0.05) is 18.4 Å². The van der Waals surface area contributed by atoms with Crippen molar-refractivity contribution in [1.29, 1.82) is 0 Å². The van der Waals surface area contributed by atoms with Crippen molar-refractivity contribution < 1.29 is 0 Å². The summed E-state index contributed by atoms with van der Waals surface area (Å²) in [5.41, 5.74) is 6.45. The Bertz CT molecular complexity index is 281. The lowest BCUT2D eigenvalue weighted by molar-refractivity contribution is 0.404. The Morgan fingerprint density at radius 3 is 2.67 bits per heavy atom. The molecular weight excluding hydrogens is 184 g/mol. The molecule has 82 valence electrons. The third kappa shape index (κ3) is 4.05. The molecule has 0 saturated heterocycles. The van der Waals surface area contributed by atoms with Crippen LogP contribution in [0.2, 0.25) is 0 Å². The first kappa shape index (κ1) is 13.5. The molecule has 0 bridgehead atoms. The topological polar surface area (TPSA) is 29.3 Å². The van der Waals surface area contributed by atoms with Gasteiger partial charge < -0.3 is 10.6 Å². The van der Waals surface area contributed by atoms with E-state index in [1.54, 1.807) is 6.08 Å². The minimum Gasteiger partial charge on any atom is -0.334 e. The van der Waals surface area contributed by atoms with Gasteiger partial charge in [0.1, 0.15) is 0 Å². The van der Waals surface area contributed by atoms with Gasteiger partial charge in [-0.05, 0) is 25.5 Å². The maximum atomic E-state index is 5.50. The summed E-state index contributed by atoms with van der Waals surface area (Å²) >= 11 is 0. The summed E-state index contributed by atoms with van der Waals surface area (Å²) in [6.07, 6.45) is 14.0. The van der Waals surface area contributed by atoms with Crippen molar-refractivity contribution in [1.82, 2.24) is 4.90 Å². The second-order valence-electron chi connectivity index (χ2n) is 3.05. The Balaban J connectivity index is 5.02. The molecule has 0 fully saturated rings. The Morgan fingerprint density at radius 1 is 1.67 bits per heavy atom. The number of allylic oxidation sites excluding steroid dienone is 2. The van der Waals surface area contributed by atoms with Crippen molar-refractivity contribution >= 4 is 0 Å². The number of hydrogen-bond donors (Lipinski definition) is 1. The molecule has 0 aromatic carbocycles. The van der Waals surface area contributed by atoms with Gasteiger partial charge >= 0.3 is 0 Å². The van der Waals surface area contributed by atoms with Crippen LogP contribution in [0, 0.1) is 12.3 Å². The summed E-state index contributed by atoms with van der Waals surface area (Å²) in [5.74, 6) is 2.76. The van der Waals surface area contributed by atoms with Crippen molar-refractivity contribution in [2.75, 3.05) is 6.54 Å². The van der Waals surface area contributed by atoms with Crippen LogP contribution in [0.25, 0.3) is 0 Å². The molecule has 0 aromatic rings. The van der Waals surface area contributed by atoms with Gasteiger partial charge in [-0.15, -0.1) is 6.42 Å². The van der Waals surface area contributed by atoms with E-state index in [9.17, 15) is 0 Å². The number of terminal acetylenes is 1. The maximum Gasteiger partial charge on any atom is 0.0941 e. The van der Waals surface area contributed by atoms with E-state index in [2.05, 4.69) is 19.4 Å². The minimum absolute atomic E-state index is 0.0528. The van der Waals surface area contributed by atoms with Crippen LogP contribution >= 0.6 is 0 Å². The van der Waals surface area contributed by atoms with E-state index in [1.807, 2.05) is 30.2 Å². The number of nitrogens with zero attached hydrogens (tertiary/aromatic N) is 1. The highest BCUT2D eigenvalue weighted by Gasteiger charge is 2.12. The van der Waals surface area contributed by atoms with Crippen LogP contribution in [-0.2, 0) is 0 Å². The van der Waals surface area contributed by atoms with Crippen LogP contribution in [0.15, 0.2) is 36.7 Å². The summed E-state index contributed by atoms with van der Waals surface area (Å²) in [6, 6.07) is 0.0528. The van der Waals surface area contributed by atoms with Crippen LogP contribution in [0.3, 0.4) is 0 Å². The second-order valence-corrected chi connectivity index (χ2v) is 3.05. The third-order valence-electron chi connectivity index (χ3n) is 2.06. The maximum absolute atomic E-state index is 5.50. The van der Waals surface area contributed by atoms with E-state index in [1.165, 1.54) is 0 Å². The molecule has 0 radical (unpaired) electrons. The Hall–Kier alpha value is -1.46. The molecule has 2 N–H and O–H groups in total. The van der Waals surface area contributed by atoms with Gasteiger partial charge in [0.25, 0.3) is 0 Å². The standard InChI is InChI=1S/C13H20N2/c1-5-11-15(12(6-2)7-3)13(8-4)9-10-14/h2,5,8-9,11-12H,4,7,10,14H2,1,3H3/b11-5-,13-9-. The predicted octanol–water partition coefficient (Wildman–Crippen LogP) is 2.26. The van der Waals surface area contributed by atoms with E-state index in [4.69, 9.17) is 12.2 Å². The molecule has 15 heavy (non-hydrogen) atoms. The van der Waals surface area contributed by atoms with Gasteiger partial charge in [0.2, 0.25) is 0 Å². The summed E-state index contributed by atoms with van der Waals surface area (Å²) in [7, 11) is 0. The van der Waals surface area contributed by atoms with Gasteiger partial charge in [-0.25, -0.2) is 0 Å². The van der Waals surface area contributed by atoms with E-state index < -0.39 is 0 Å². The highest BCUT2D eigenvalue weighted by atomic mass is 15.1. The normalized spacial score (nSPS) is 13.6. The molecule has 0 aliphatic heterocycles. The van der Waals surface area contributed by atoms with Gasteiger partial charge in [-0.3, -0.25) is 0 Å². The molecule has 0 amide bonds. The third-order valence-corrected chi connectivity index (χ3v) is 2.06. The molecular formula is C13H20N2. The van der Waals surface area contributed by atoms with Gasteiger partial charge in [0.15, 0.2) is 0 Å². The molecule has 0 heterocycles. The average molecular weight is 204 g/mol. The van der Waals surface area contributed by atoms with Gasteiger partial charge in [-0.2, -0.15) is 0 Å². The van der Waals surface area contributed by atoms with Crippen LogP contribution in [0.4, 0.5) is 0 Å². The Labute approximate surface area is 93.1 Å². The van der Waals surface area contributed by atoms with Crippen LogP contribution in [0.5, 0.6) is 0 Å². The summed E-state index contributed by atoms with van der Waals surface area (Å²) in [6.45, 7) is 8.27. The fourth-order valence-corrected chi connectivity index (χ4v) is 1.34. The molecule has 0 spiro atoms. The SMILES string of the molecule is C#CC(CC)N(/C=C\C)/C(C=C)=C\CN. The molecule has 0 rings (SSSR count). The van der Waals surface area contributed by atoms with Crippen molar-refractivity contribution in [3.63, 3.8) is 0 Å². The molecule has 2 heteroatoms. The Morgan fingerprint density at radius 2 is 2.33 bits per heavy atom. The highest BCUT2D eigenvalue weighted by molar-refractivity contribution is 5.22. The predicted molar refractivity (Wildman–Crippen MR) is 66.9 cm³/mol. The lowest BCUT2D eigenvalue weighted by Crippen LogP contribution is -2.28. The van der Waals surface area contributed by atoms with Crippen molar-refractivity contribution in [3.8, 4) is 12.3 Å². The fourth-order valence-electron chi connectivity index (χ4n) is 1.34. The molecule has 1 atom stereocenters. The summed E-state index contributed by atoms with van der Waals surface area (Å²) in [5, 5.41) is 0. The van der Waals surface area contributed by atoms with Crippen molar-refractivity contribution in [2.24, 2.45) is 5.73 Å². The first-order valence-corrected chi connectivity index (χ1v) is 5.15. The summed E-state index contributed by atoms with van der Waals surface area (Å²) < 4.78 is 0. The molecule has 2 nitrogen and oxygen atoms in total. The average Bonchev–Trinajstić information content (AvgIpc) is 2.26. The van der Waals surface area contributed by atoms with Crippen LogP contribution in [-0.4, -0.2) is 17.5 Å². The fraction of sp³-hybridized carbons (Fsp3) is 0.385. The molecule has 0 aromatic heterocycles. The second kappa shape index (κ2) is 7.90.